The van der Waals surface area contributed by atoms with Crippen LogP contribution in [-0.2, 0) is 13.2 Å². The molecule has 1 amide bonds. The number of halogens is 3. The molecule has 5 rings (SSSR count). The number of amides is 1. The second kappa shape index (κ2) is 9.97. The number of aryl methyl sites for hydroxylation is 1. The molecule has 0 unspecified atom stereocenters. The van der Waals surface area contributed by atoms with Crippen LogP contribution in [0.4, 0.5) is 24.8 Å². The van der Waals surface area contributed by atoms with Crippen molar-refractivity contribution in [3.05, 3.63) is 72.1 Å². The largest absolute Gasteiger partial charge is 0.457 e. The second-order valence-electron chi connectivity index (χ2n) is 9.54. The molecule has 2 N–H and O–H groups in total. The number of aromatic nitrogens is 3. The number of rotatable bonds is 7. The van der Waals surface area contributed by atoms with Gasteiger partial charge in [-0.3, -0.25) is 14.7 Å². The first-order valence-corrected chi connectivity index (χ1v) is 12.2. The van der Waals surface area contributed by atoms with E-state index in [0.29, 0.717) is 34.7 Å². The highest BCUT2D eigenvalue weighted by atomic mass is 19.4. The highest BCUT2D eigenvalue weighted by Gasteiger charge is 2.31. The van der Waals surface area contributed by atoms with E-state index in [-0.39, 0.29) is 20.5 Å². The lowest BCUT2D eigenvalue weighted by molar-refractivity contribution is -0.137. The number of carbonyl (C=O) groups is 1. The summed E-state index contributed by atoms with van der Waals surface area (Å²) in [6.45, 7) is 5.89. The molecule has 1 saturated heterocycles. The zero-order valence-corrected chi connectivity index (χ0v) is 21.1. The van der Waals surface area contributed by atoms with Gasteiger partial charge in [-0.1, -0.05) is 0 Å². The minimum absolute atomic E-state index is 0. The number of nitrogens with one attached hydrogen (secondary N) is 2. The Balaban J connectivity index is 0.00000220. The fourth-order valence-corrected chi connectivity index (χ4v) is 4.25. The first-order chi connectivity index (χ1) is 18.1. The number of fused-ring (bicyclic) bond motifs is 1. The van der Waals surface area contributed by atoms with Crippen LogP contribution in [-0.4, -0.2) is 50.5 Å². The maximum atomic E-state index is 12.8. The minimum Gasteiger partial charge on any atom is -0.457 e. The van der Waals surface area contributed by atoms with Crippen LogP contribution >= 0.6 is 0 Å². The number of imidazole rings is 1. The van der Waals surface area contributed by atoms with Crippen LogP contribution < -0.4 is 15.4 Å². The summed E-state index contributed by atoms with van der Waals surface area (Å²) in [5.41, 5.74) is 1.47. The quantitative estimate of drug-likeness (QED) is 0.314. The summed E-state index contributed by atoms with van der Waals surface area (Å²) in [6.07, 6.45) is -2.87. The topological polar surface area (TPSA) is 84.3 Å². The molecule has 0 atom stereocenters. The van der Waals surface area contributed by atoms with Crippen molar-refractivity contribution in [3.8, 4) is 11.5 Å². The summed E-state index contributed by atoms with van der Waals surface area (Å²) in [5.74, 6) is 1.19. The van der Waals surface area contributed by atoms with Gasteiger partial charge >= 0.3 is 6.18 Å². The number of likely N-dealkylation sites (tertiary alicyclic amines) is 1. The van der Waals surface area contributed by atoms with Crippen molar-refractivity contribution in [2.45, 2.75) is 32.1 Å². The van der Waals surface area contributed by atoms with Gasteiger partial charge in [0.1, 0.15) is 17.2 Å². The van der Waals surface area contributed by atoms with E-state index in [9.17, 15) is 18.0 Å². The van der Waals surface area contributed by atoms with Crippen LogP contribution in [0.1, 0.15) is 32.8 Å². The maximum absolute atomic E-state index is 12.8. The van der Waals surface area contributed by atoms with Crippen molar-refractivity contribution in [2.75, 3.05) is 18.4 Å². The SMILES string of the molecule is CC(C)N1CC(NC(=O)c2cc(Oc3ccc4c(c3)nc(Nc3ccc(C(F)(F)F)cc3)n4C)ccn2)C1.[HH].[HH]. The van der Waals surface area contributed by atoms with Gasteiger partial charge in [0.2, 0.25) is 5.95 Å². The minimum atomic E-state index is -4.39. The highest BCUT2D eigenvalue weighted by Crippen LogP contribution is 2.31. The molecule has 0 saturated carbocycles. The van der Waals surface area contributed by atoms with E-state index < -0.39 is 11.7 Å². The molecule has 0 radical (unpaired) electrons. The van der Waals surface area contributed by atoms with Crippen LogP contribution in [0.3, 0.4) is 0 Å². The Bertz CT molecular complexity index is 1470. The Kier molecular flexibility index (Phi) is 6.70. The summed E-state index contributed by atoms with van der Waals surface area (Å²) in [6, 6.07) is 13.9. The van der Waals surface area contributed by atoms with Crippen molar-refractivity contribution >= 4 is 28.6 Å². The van der Waals surface area contributed by atoms with Gasteiger partial charge in [0.05, 0.1) is 22.6 Å². The first kappa shape index (κ1) is 25.5. The van der Waals surface area contributed by atoms with E-state index in [0.717, 1.165) is 30.7 Å². The second-order valence-corrected chi connectivity index (χ2v) is 9.54. The van der Waals surface area contributed by atoms with E-state index in [4.69, 9.17) is 4.74 Å². The molecule has 0 aliphatic carbocycles. The molecule has 2 aromatic carbocycles. The summed E-state index contributed by atoms with van der Waals surface area (Å²) in [4.78, 5) is 23.7. The predicted molar refractivity (Wildman–Crippen MR) is 142 cm³/mol. The van der Waals surface area contributed by atoms with Crippen molar-refractivity contribution in [2.24, 2.45) is 7.05 Å². The Hall–Kier alpha value is -4.12. The van der Waals surface area contributed by atoms with E-state index in [1.807, 2.05) is 6.07 Å². The predicted octanol–water partition coefficient (Wildman–Crippen LogP) is 5.84. The van der Waals surface area contributed by atoms with Gasteiger partial charge in [0.25, 0.3) is 5.91 Å². The summed E-state index contributed by atoms with van der Waals surface area (Å²) in [7, 11) is 1.80. The van der Waals surface area contributed by atoms with Gasteiger partial charge in [-0.2, -0.15) is 13.2 Å². The monoisotopic (exact) mass is 528 g/mol. The number of pyridine rings is 1. The fraction of sp³-hybridized carbons (Fsp3) is 0.296. The number of ether oxygens (including phenoxy) is 1. The fourth-order valence-electron chi connectivity index (χ4n) is 4.25. The van der Waals surface area contributed by atoms with Crippen molar-refractivity contribution in [1.29, 1.82) is 0 Å². The molecule has 3 heterocycles. The van der Waals surface area contributed by atoms with E-state index in [2.05, 4.69) is 39.3 Å². The van der Waals surface area contributed by atoms with Crippen molar-refractivity contribution in [1.82, 2.24) is 24.8 Å². The molecule has 2 aromatic heterocycles. The van der Waals surface area contributed by atoms with Crippen molar-refractivity contribution in [3.63, 3.8) is 0 Å². The average molecular weight is 529 g/mol. The Labute approximate surface area is 220 Å². The number of hydrogen-bond donors (Lipinski definition) is 2. The molecule has 0 bridgehead atoms. The van der Waals surface area contributed by atoms with Crippen LogP contribution in [0.25, 0.3) is 11.0 Å². The zero-order chi connectivity index (χ0) is 27.0. The molecule has 38 heavy (non-hydrogen) atoms. The summed E-state index contributed by atoms with van der Waals surface area (Å²) < 4.78 is 46.3. The van der Waals surface area contributed by atoms with Gasteiger partial charge in [0, 0.05) is 53.0 Å². The third-order valence-corrected chi connectivity index (χ3v) is 6.50. The van der Waals surface area contributed by atoms with Gasteiger partial charge in [-0.15, -0.1) is 0 Å². The smallest absolute Gasteiger partial charge is 0.416 e. The number of alkyl halides is 3. The van der Waals surface area contributed by atoms with Crippen LogP contribution in [0.5, 0.6) is 11.5 Å². The van der Waals surface area contributed by atoms with Crippen LogP contribution in [0.15, 0.2) is 60.8 Å². The molecule has 4 aromatic rings. The number of hydrogen-bond acceptors (Lipinski definition) is 6. The normalized spacial score (nSPS) is 14.5. The van der Waals surface area contributed by atoms with E-state index in [1.165, 1.54) is 18.3 Å². The van der Waals surface area contributed by atoms with Gasteiger partial charge in [-0.05, 0) is 56.3 Å². The van der Waals surface area contributed by atoms with Crippen LogP contribution in [0, 0.1) is 0 Å². The third kappa shape index (κ3) is 5.42. The number of anilines is 2. The maximum Gasteiger partial charge on any atom is 0.416 e. The van der Waals surface area contributed by atoms with E-state index in [1.54, 1.807) is 35.9 Å². The average Bonchev–Trinajstić information content (AvgIpc) is 3.15. The number of carbonyl (C=O) groups excluding carboxylic acids is 1. The van der Waals surface area contributed by atoms with Crippen LogP contribution in [0.2, 0.25) is 0 Å². The third-order valence-electron chi connectivity index (χ3n) is 6.50. The lowest BCUT2D eigenvalue weighted by atomic mass is 10.1. The molecular weight excluding hydrogens is 497 g/mol. The molecule has 8 nitrogen and oxygen atoms in total. The Morgan fingerprint density at radius 3 is 2.47 bits per heavy atom. The summed E-state index contributed by atoms with van der Waals surface area (Å²) in [5, 5.41) is 6.05. The molecule has 1 aliphatic heterocycles. The number of nitrogens with zero attached hydrogens (tertiary/aromatic N) is 4. The molecule has 1 aliphatic rings. The zero-order valence-electron chi connectivity index (χ0n) is 21.1. The number of benzene rings is 2. The highest BCUT2D eigenvalue weighted by molar-refractivity contribution is 5.93. The van der Waals surface area contributed by atoms with Gasteiger partial charge in [-0.25, -0.2) is 4.98 Å². The first-order valence-electron chi connectivity index (χ1n) is 12.2. The molecule has 202 valence electrons. The Morgan fingerprint density at radius 2 is 1.79 bits per heavy atom. The van der Waals surface area contributed by atoms with E-state index >= 15 is 0 Å². The summed E-state index contributed by atoms with van der Waals surface area (Å²) >= 11 is 0. The van der Waals surface area contributed by atoms with Gasteiger partial charge in [0.15, 0.2) is 0 Å². The molecular formula is C27H31F3N6O2. The lowest BCUT2D eigenvalue weighted by Gasteiger charge is -2.42. The molecule has 0 spiro atoms. The molecule has 11 heteroatoms. The Morgan fingerprint density at radius 1 is 1.08 bits per heavy atom. The van der Waals surface area contributed by atoms with Gasteiger partial charge < -0.3 is 19.9 Å². The lowest BCUT2D eigenvalue weighted by Crippen LogP contribution is -2.61. The molecule has 1 fully saturated rings. The van der Waals surface area contributed by atoms with Crippen molar-refractivity contribution < 1.29 is 25.6 Å². The standard InChI is InChI=1S/C27H27F3N6O2.2H2/c1-16(2)36-14-19(15-36)32-25(37)23-13-21(10-11-31-23)38-20-8-9-24-22(12-20)34-26(35(24)3)33-18-6-4-17(5-7-18)27(28,29)30;;/h4-13,16,19H,14-15H2,1-3H3,(H,32,37)(H,33,34);2*1H.